The van der Waals surface area contributed by atoms with Crippen molar-refractivity contribution in [1.29, 1.82) is 0 Å². The van der Waals surface area contributed by atoms with Crippen LogP contribution in [0.2, 0.25) is 0 Å². The highest BCUT2D eigenvalue weighted by Gasteiger charge is 2.29. The predicted molar refractivity (Wildman–Crippen MR) is 33.5 cm³/mol. The molecule has 0 fully saturated rings. The van der Waals surface area contributed by atoms with Crippen LogP contribution in [0.4, 0.5) is 13.2 Å². The van der Waals surface area contributed by atoms with Gasteiger partial charge >= 0.3 is 6.18 Å². The lowest BCUT2D eigenvalue weighted by Gasteiger charge is -2.10. The van der Waals surface area contributed by atoms with E-state index in [2.05, 4.69) is 9.73 Å². The number of alkyl halides is 3. The zero-order valence-corrected chi connectivity index (χ0v) is 5.77. The van der Waals surface area contributed by atoms with Gasteiger partial charge in [0.25, 0.3) is 0 Å². The minimum absolute atomic E-state index is 0.566. The fourth-order valence-electron chi connectivity index (χ4n) is 0.801. The molecule has 1 atom stereocenters. The SMILES string of the molecule is FC(F)(F)COC1CCC=N1. The van der Waals surface area contributed by atoms with Crippen molar-refractivity contribution in [2.75, 3.05) is 6.61 Å². The Labute approximate surface area is 62.1 Å². The van der Waals surface area contributed by atoms with Crippen molar-refractivity contribution >= 4 is 6.21 Å². The van der Waals surface area contributed by atoms with Crippen molar-refractivity contribution in [3.05, 3.63) is 0 Å². The second-order valence-electron chi connectivity index (χ2n) is 2.29. The van der Waals surface area contributed by atoms with Gasteiger partial charge in [0.05, 0.1) is 0 Å². The minimum atomic E-state index is -4.24. The van der Waals surface area contributed by atoms with Gasteiger partial charge in [-0.2, -0.15) is 13.2 Å². The van der Waals surface area contributed by atoms with Crippen LogP contribution in [0.3, 0.4) is 0 Å². The van der Waals surface area contributed by atoms with Crippen LogP contribution in [0, 0.1) is 0 Å². The molecule has 0 spiro atoms. The Bertz CT molecular complexity index is 154. The summed E-state index contributed by atoms with van der Waals surface area (Å²) in [5.74, 6) is 0. The molecule has 5 heteroatoms. The average Bonchev–Trinajstić information content (AvgIpc) is 2.32. The fourth-order valence-corrected chi connectivity index (χ4v) is 0.801. The number of ether oxygens (including phenoxy) is 1. The zero-order valence-electron chi connectivity index (χ0n) is 5.77. The van der Waals surface area contributed by atoms with Crippen LogP contribution >= 0.6 is 0 Å². The van der Waals surface area contributed by atoms with E-state index in [-0.39, 0.29) is 0 Å². The molecule has 1 rings (SSSR count). The van der Waals surface area contributed by atoms with Crippen LogP contribution < -0.4 is 0 Å². The van der Waals surface area contributed by atoms with Crippen molar-refractivity contribution in [3.63, 3.8) is 0 Å². The number of nitrogens with zero attached hydrogens (tertiary/aromatic N) is 1. The smallest absolute Gasteiger partial charge is 0.347 e. The first-order chi connectivity index (χ1) is 5.08. The van der Waals surface area contributed by atoms with Gasteiger partial charge in [-0.1, -0.05) is 0 Å². The molecular weight excluding hydrogens is 159 g/mol. The van der Waals surface area contributed by atoms with E-state index >= 15 is 0 Å². The molecule has 0 aliphatic carbocycles. The van der Waals surface area contributed by atoms with E-state index < -0.39 is 19.0 Å². The first-order valence-corrected chi connectivity index (χ1v) is 3.28. The Balaban J connectivity index is 2.17. The number of rotatable bonds is 2. The van der Waals surface area contributed by atoms with Crippen LogP contribution in [0.25, 0.3) is 0 Å². The molecule has 0 aromatic rings. The highest BCUT2D eigenvalue weighted by atomic mass is 19.4. The molecule has 0 saturated heterocycles. The van der Waals surface area contributed by atoms with Gasteiger partial charge in [-0.25, -0.2) is 0 Å². The number of halogens is 3. The molecule has 1 heterocycles. The van der Waals surface area contributed by atoms with Crippen molar-refractivity contribution < 1.29 is 17.9 Å². The molecule has 1 aliphatic heterocycles. The summed E-state index contributed by atoms with van der Waals surface area (Å²) in [5.41, 5.74) is 0. The summed E-state index contributed by atoms with van der Waals surface area (Å²) in [6, 6.07) is 0. The Hall–Kier alpha value is -0.580. The second kappa shape index (κ2) is 3.21. The van der Waals surface area contributed by atoms with E-state index in [0.29, 0.717) is 12.8 Å². The van der Waals surface area contributed by atoms with Crippen LogP contribution in [0.5, 0.6) is 0 Å². The molecule has 64 valence electrons. The molecule has 0 aromatic heterocycles. The first-order valence-electron chi connectivity index (χ1n) is 3.28. The molecule has 11 heavy (non-hydrogen) atoms. The summed E-state index contributed by atoms with van der Waals surface area (Å²) in [6.45, 7) is -1.20. The third kappa shape index (κ3) is 3.36. The van der Waals surface area contributed by atoms with Gasteiger partial charge in [0.1, 0.15) is 12.8 Å². The first kappa shape index (κ1) is 8.52. The van der Waals surface area contributed by atoms with Gasteiger partial charge in [0.2, 0.25) is 0 Å². The van der Waals surface area contributed by atoms with E-state index in [1.165, 1.54) is 0 Å². The summed E-state index contributed by atoms with van der Waals surface area (Å²) in [5, 5.41) is 0. The van der Waals surface area contributed by atoms with Crippen molar-refractivity contribution in [3.8, 4) is 0 Å². The predicted octanol–water partition coefficient (Wildman–Crippen LogP) is 1.76. The molecule has 0 bridgehead atoms. The van der Waals surface area contributed by atoms with E-state index in [0.717, 1.165) is 0 Å². The second-order valence-corrected chi connectivity index (χ2v) is 2.29. The van der Waals surface area contributed by atoms with Gasteiger partial charge in [-0.05, 0) is 12.8 Å². The Kier molecular flexibility index (Phi) is 2.49. The van der Waals surface area contributed by atoms with E-state index in [9.17, 15) is 13.2 Å². The summed E-state index contributed by atoms with van der Waals surface area (Å²) in [6.07, 6.45) is -1.95. The van der Waals surface area contributed by atoms with Crippen LogP contribution in [-0.4, -0.2) is 25.2 Å². The molecule has 1 unspecified atom stereocenters. The molecule has 0 aromatic carbocycles. The third-order valence-electron chi connectivity index (χ3n) is 1.25. The van der Waals surface area contributed by atoms with Crippen LogP contribution in [0.1, 0.15) is 12.8 Å². The van der Waals surface area contributed by atoms with Crippen LogP contribution in [-0.2, 0) is 4.74 Å². The lowest BCUT2D eigenvalue weighted by molar-refractivity contribution is -0.184. The van der Waals surface area contributed by atoms with Crippen molar-refractivity contribution in [2.45, 2.75) is 25.2 Å². The third-order valence-corrected chi connectivity index (χ3v) is 1.25. The average molecular weight is 167 g/mol. The highest BCUT2D eigenvalue weighted by Crippen LogP contribution is 2.18. The Morgan fingerprint density at radius 3 is 2.73 bits per heavy atom. The lowest BCUT2D eigenvalue weighted by atomic mass is 10.3. The van der Waals surface area contributed by atoms with Gasteiger partial charge in [0.15, 0.2) is 0 Å². The maximum Gasteiger partial charge on any atom is 0.411 e. The largest absolute Gasteiger partial charge is 0.411 e. The Morgan fingerprint density at radius 1 is 1.55 bits per heavy atom. The molecule has 0 radical (unpaired) electrons. The van der Waals surface area contributed by atoms with E-state index in [1.807, 2.05) is 0 Å². The number of aliphatic imine (C=N–C) groups is 1. The number of hydrogen-bond donors (Lipinski definition) is 0. The summed E-state index contributed by atoms with van der Waals surface area (Å²) >= 11 is 0. The topological polar surface area (TPSA) is 21.6 Å². The normalized spacial score (nSPS) is 24.5. The summed E-state index contributed by atoms with van der Waals surface area (Å²) < 4.78 is 39.0. The zero-order chi connectivity index (χ0) is 8.32. The molecule has 2 nitrogen and oxygen atoms in total. The van der Waals surface area contributed by atoms with Gasteiger partial charge in [0, 0.05) is 6.21 Å². The molecule has 1 aliphatic rings. The van der Waals surface area contributed by atoms with E-state index in [4.69, 9.17) is 0 Å². The van der Waals surface area contributed by atoms with Gasteiger partial charge < -0.3 is 4.74 Å². The standard InChI is InChI=1S/C6H8F3NO/c7-6(8,9)4-11-5-2-1-3-10-5/h3,5H,1-2,4H2. The summed E-state index contributed by atoms with van der Waals surface area (Å²) in [7, 11) is 0. The maximum absolute atomic E-state index is 11.5. The van der Waals surface area contributed by atoms with Crippen molar-refractivity contribution in [1.82, 2.24) is 0 Å². The number of hydrogen-bond acceptors (Lipinski definition) is 2. The van der Waals surface area contributed by atoms with Crippen LogP contribution in [0.15, 0.2) is 4.99 Å². The molecule has 0 saturated carbocycles. The fraction of sp³-hybridized carbons (Fsp3) is 0.833. The molecule has 0 amide bonds. The monoisotopic (exact) mass is 167 g/mol. The lowest BCUT2D eigenvalue weighted by Crippen LogP contribution is -2.20. The summed E-state index contributed by atoms with van der Waals surface area (Å²) in [4.78, 5) is 3.69. The maximum atomic E-state index is 11.5. The minimum Gasteiger partial charge on any atom is -0.347 e. The molecular formula is C6H8F3NO. The van der Waals surface area contributed by atoms with Gasteiger partial charge in [-0.3, -0.25) is 4.99 Å². The van der Waals surface area contributed by atoms with E-state index in [1.54, 1.807) is 6.21 Å². The van der Waals surface area contributed by atoms with Crippen molar-refractivity contribution in [2.24, 2.45) is 4.99 Å². The van der Waals surface area contributed by atoms with Gasteiger partial charge in [-0.15, -0.1) is 0 Å². The Morgan fingerprint density at radius 2 is 2.27 bits per heavy atom. The highest BCUT2D eigenvalue weighted by molar-refractivity contribution is 5.59. The molecule has 0 N–H and O–H groups in total. The quantitative estimate of drug-likeness (QED) is 0.614.